The molecule has 0 bridgehead atoms. The second-order valence-electron chi connectivity index (χ2n) is 13.4. The molecule has 0 N–H and O–H groups in total. The molecule has 10 aromatic rings. The maximum absolute atomic E-state index is 6.50. The Morgan fingerprint density at radius 2 is 0.981 bits per heavy atom. The summed E-state index contributed by atoms with van der Waals surface area (Å²) in [6.45, 7) is 0. The number of fused-ring (bicyclic) bond motifs is 6. The van der Waals surface area contributed by atoms with Gasteiger partial charge in [0, 0.05) is 16.5 Å². The van der Waals surface area contributed by atoms with Gasteiger partial charge >= 0.3 is 0 Å². The van der Waals surface area contributed by atoms with Crippen LogP contribution in [0.4, 0.5) is 17.1 Å². The molecule has 0 aliphatic carbocycles. The summed E-state index contributed by atoms with van der Waals surface area (Å²) in [6, 6.07) is 62.2. The number of anilines is 3. The van der Waals surface area contributed by atoms with Gasteiger partial charge in [0.15, 0.2) is 17.3 Å². The summed E-state index contributed by atoms with van der Waals surface area (Å²) in [5, 5.41) is 10.4. The van der Waals surface area contributed by atoms with Crippen LogP contribution in [0, 0.1) is 0 Å². The minimum Gasteiger partial charge on any atom is -0.453 e. The lowest BCUT2D eigenvalue weighted by Crippen LogP contribution is -2.16. The first-order valence-corrected chi connectivity index (χ1v) is 18.5. The predicted molar refractivity (Wildman–Crippen MR) is 221 cm³/mol. The minimum absolute atomic E-state index is 0.691. The van der Waals surface area contributed by atoms with Gasteiger partial charge in [-0.25, -0.2) is 4.98 Å². The maximum atomic E-state index is 6.50. The van der Waals surface area contributed by atoms with Crippen LogP contribution >= 0.6 is 11.5 Å². The molecule has 4 nitrogen and oxygen atoms in total. The molecule has 0 unspecified atom stereocenters. The van der Waals surface area contributed by atoms with E-state index in [1.165, 1.54) is 55.0 Å². The molecule has 0 saturated carbocycles. The Hall–Kier alpha value is -6.82. The van der Waals surface area contributed by atoms with Crippen molar-refractivity contribution in [3.63, 3.8) is 0 Å². The van der Waals surface area contributed by atoms with Gasteiger partial charge in [-0.15, -0.1) is 0 Å². The minimum atomic E-state index is 0.691. The van der Waals surface area contributed by atoms with E-state index in [0.29, 0.717) is 5.82 Å². The van der Waals surface area contributed by atoms with Gasteiger partial charge in [-0.05, 0) is 96.8 Å². The molecular formula is C48H29N3OS. The van der Waals surface area contributed by atoms with E-state index in [-0.39, 0.29) is 0 Å². The molecule has 0 saturated heterocycles. The summed E-state index contributed by atoms with van der Waals surface area (Å²) in [5.41, 5.74) is 7.54. The van der Waals surface area contributed by atoms with Crippen LogP contribution in [0.15, 0.2) is 176 Å². The molecule has 1 aromatic heterocycles. The second-order valence-corrected chi connectivity index (χ2v) is 14.1. The second kappa shape index (κ2) is 11.9. The third-order valence-corrected chi connectivity index (χ3v) is 11.2. The third kappa shape index (κ3) is 4.68. The fourth-order valence-corrected chi connectivity index (χ4v) is 8.85. The quantitative estimate of drug-likeness (QED) is 0.172. The average Bonchev–Trinajstić information content (AvgIpc) is 3.71. The van der Waals surface area contributed by atoms with Gasteiger partial charge in [0.05, 0.1) is 17.1 Å². The lowest BCUT2D eigenvalue weighted by Gasteiger charge is -2.33. The lowest BCUT2D eigenvalue weighted by atomic mass is 9.87. The Balaban J connectivity index is 1.09. The molecular weight excluding hydrogens is 667 g/mol. The molecule has 0 spiro atoms. The van der Waals surface area contributed by atoms with Crippen molar-refractivity contribution >= 4 is 71.7 Å². The first kappa shape index (κ1) is 29.9. The van der Waals surface area contributed by atoms with Gasteiger partial charge in [-0.3, -0.25) is 0 Å². The van der Waals surface area contributed by atoms with Crippen LogP contribution in [0.3, 0.4) is 0 Å². The number of aromatic nitrogens is 2. The van der Waals surface area contributed by atoms with Crippen LogP contribution in [0.5, 0.6) is 11.5 Å². The molecule has 0 fully saturated rings. The number of nitrogens with zero attached hydrogens (tertiary/aromatic N) is 3. The molecule has 1 aliphatic rings. The van der Waals surface area contributed by atoms with E-state index in [1.807, 2.05) is 18.2 Å². The van der Waals surface area contributed by atoms with E-state index in [1.54, 1.807) is 0 Å². The molecule has 53 heavy (non-hydrogen) atoms. The highest BCUT2D eigenvalue weighted by atomic mass is 32.1. The number of rotatable bonds is 4. The van der Waals surface area contributed by atoms with Crippen molar-refractivity contribution in [1.82, 2.24) is 9.36 Å². The number of hydrogen-bond donors (Lipinski definition) is 0. The maximum Gasteiger partial charge on any atom is 0.173 e. The monoisotopic (exact) mass is 695 g/mol. The van der Waals surface area contributed by atoms with E-state index in [4.69, 9.17) is 14.1 Å². The van der Waals surface area contributed by atoms with Crippen LogP contribution in [0.1, 0.15) is 0 Å². The predicted octanol–water partition coefficient (Wildman–Crippen LogP) is 13.7. The van der Waals surface area contributed by atoms with E-state index in [9.17, 15) is 0 Å². The third-order valence-electron chi connectivity index (χ3n) is 10.4. The van der Waals surface area contributed by atoms with E-state index in [0.717, 1.165) is 55.5 Å². The molecule has 1 aliphatic heterocycles. The highest BCUT2D eigenvalue weighted by Gasteiger charge is 2.28. The largest absolute Gasteiger partial charge is 0.453 e. The fraction of sp³-hybridized carbons (Fsp3) is 0. The molecule has 0 radical (unpaired) electrons. The van der Waals surface area contributed by atoms with Gasteiger partial charge in [0.25, 0.3) is 0 Å². The van der Waals surface area contributed by atoms with Gasteiger partial charge in [-0.1, -0.05) is 140 Å². The standard InChI is InChI=1S/C48H29N3OS/c1-3-17-33-30(13-1)15-11-23-35(33)45-36-19-5-7-21-38(36)46(39-22-8-6-20-37(39)45)48-49-47(50-53-48)32-27-28-44-42(29-32)51(41-24-9-10-26-43(41)52-44)40-25-12-16-31-14-2-4-18-34(31)40/h1-29H. The van der Waals surface area contributed by atoms with Crippen LogP contribution < -0.4 is 9.64 Å². The van der Waals surface area contributed by atoms with Crippen LogP contribution in [0.25, 0.3) is 76.2 Å². The molecule has 5 heteroatoms. The molecule has 0 amide bonds. The van der Waals surface area contributed by atoms with E-state index < -0.39 is 0 Å². The van der Waals surface area contributed by atoms with E-state index >= 15 is 0 Å². The van der Waals surface area contributed by atoms with Gasteiger partial charge in [-0.2, -0.15) is 4.37 Å². The molecule has 0 atom stereocenters. The van der Waals surface area contributed by atoms with Crippen molar-refractivity contribution < 1.29 is 4.74 Å². The summed E-state index contributed by atoms with van der Waals surface area (Å²) < 4.78 is 11.5. The molecule has 9 aromatic carbocycles. The summed E-state index contributed by atoms with van der Waals surface area (Å²) in [7, 11) is 0. The van der Waals surface area contributed by atoms with Crippen molar-refractivity contribution in [2.45, 2.75) is 0 Å². The Bertz CT molecular complexity index is 3010. The zero-order valence-corrected chi connectivity index (χ0v) is 29.2. The van der Waals surface area contributed by atoms with Crippen molar-refractivity contribution in [2.75, 3.05) is 4.90 Å². The van der Waals surface area contributed by atoms with Gasteiger partial charge < -0.3 is 9.64 Å². The van der Waals surface area contributed by atoms with Crippen molar-refractivity contribution in [2.24, 2.45) is 0 Å². The van der Waals surface area contributed by atoms with Crippen LogP contribution in [-0.4, -0.2) is 9.36 Å². The summed E-state index contributed by atoms with van der Waals surface area (Å²) in [6.07, 6.45) is 0. The lowest BCUT2D eigenvalue weighted by molar-refractivity contribution is 0.477. The zero-order valence-electron chi connectivity index (χ0n) is 28.4. The highest BCUT2D eigenvalue weighted by Crippen LogP contribution is 2.53. The van der Waals surface area contributed by atoms with Gasteiger partial charge in [0.1, 0.15) is 5.01 Å². The number of benzene rings is 9. The highest BCUT2D eigenvalue weighted by molar-refractivity contribution is 7.09. The Kier molecular flexibility index (Phi) is 6.69. The first-order valence-electron chi connectivity index (χ1n) is 17.7. The Morgan fingerprint density at radius 1 is 0.434 bits per heavy atom. The Morgan fingerprint density at radius 3 is 1.74 bits per heavy atom. The Labute approximate surface area is 310 Å². The van der Waals surface area contributed by atoms with E-state index in [2.05, 4.69) is 163 Å². The fourth-order valence-electron chi connectivity index (χ4n) is 8.09. The van der Waals surface area contributed by atoms with Crippen LogP contribution in [-0.2, 0) is 0 Å². The molecule has 11 rings (SSSR count). The van der Waals surface area contributed by atoms with Crippen molar-refractivity contribution in [1.29, 1.82) is 0 Å². The average molecular weight is 696 g/mol. The smallest absolute Gasteiger partial charge is 0.173 e. The normalized spacial score (nSPS) is 12.3. The van der Waals surface area contributed by atoms with Crippen molar-refractivity contribution in [3.05, 3.63) is 176 Å². The number of hydrogen-bond acceptors (Lipinski definition) is 5. The summed E-state index contributed by atoms with van der Waals surface area (Å²) >= 11 is 1.45. The summed E-state index contributed by atoms with van der Waals surface area (Å²) in [4.78, 5) is 7.60. The topological polar surface area (TPSA) is 38.3 Å². The summed E-state index contributed by atoms with van der Waals surface area (Å²) in [5.74, 6) is 2.30. The van der Waals surface area contributed by atoms with Crippen molar-refractivity contribution in [3.8, 4) is 44.6 Å². The number of para-hydroxylation sites is 2. The first-order chi connectivity index (χ1) is 26.3. The SMILES string of the molecule is c1ccc2c(c1)Oc1ccc(-c3nsc(-c4c5ccccc5c(-c5cccc6ccccc56)c5ccccc45)n3)cc1N2c1cccc2ccccc12. The zero-order chi connectivity index (χ0) is 34.9. The molecule has 248 valence electrons. The van der Waals surface area contributed by atoms with Gasteiger partial charge in [0.2, 0.25) is 0 Å². The van der Waals surface area contributed by atoms with Crippen LogP contribution in [0.2, 0.25) is 0 Å². The number of ether oxygens (including phenoxy) is 1. The molecule has 2 heterocycles.